The van der Waals surface area contributed by atoms with Gasteiger partial charge in [0.1, 0.15) is 5.76 Å². The fourth-order valence-electron chi connectivity index (χ4n) is 0.462. The van der Waals surface area contributed by atoms with Crippen LogP contribution in [0.3, 0.4) is 0 Å². The van der Waals surface area contributed by atoms with Gasteiger partial charge in [-0.25, -0.2) is 0 Å². The summed E-state index contributed by atoms with van der Waals surface area (Å²) in [6, 6.07) is 0. The predicted octanol–water partition coefficient (Wildman–Crippen LogP) is 0.919. The summed E-state index contributed by atoms with van der Waals surface area (Å²) in [5, 5.41) is 2.67. The van der Waals surface area contributed by atoms with Crippen LogP contribution in [0.2, 0.25) is 0 Å². The third-order valence-electron chi connectivity index (χ3n) is 1.27. The summed E-state index contributed by atoms with van der Waals surface area (Å²) in [6.45, 7) is 7.64. The van der Waals surface area contributed by atoms with E-state index in [4.69, 9.17) is 4.74 Å². The lowest BCUT2D eigenvalue weighted by Gasteiger charge is -2.08. The van der Waals surface area contributed by atoms with Gasteiger partial charge in [0.2, 0.25) is 5.91 Å². The summed E-state index contributed by atoms with van der Waals surface area (Å²) in [6.07, 6.45) is 0. The lowest BCUT2D eigenvalue weighted by atomic mass is 10.2. The Balaban J connectivity index is 3.54. The molecule has 0 fully saturated rings. The molecule has 3 nitrogen and oxygen atoms in total. The molecule has 11 heavy (non-hydrogen) atoms. The number of methoxy groups -OCH3 is 1. The Kier molecular flexibility index (Phi) is 4.34. The summed E-state index contributed by atoms with van der Waals surface area (Å²) in [5.74, 6) is 0.599. The van der Waals surface area contributed by atoms with Gasteiger partial charge in [0, 0.05) is 5.92 Å². The number of carbonyl (C=O) groups is 1. The van der Waals surface area contributed by atoms with Gasteiger partial charge >= 0.3 is 0 Å². The molecule has 1 amide bonds. The number of ether oxygens (including phenoxy) is 1. The number of hydrogen-bond donors (Lipinski definition) is 1. The van der Waals surface area contributed by atoms with Crippen molar-refractivity contribution in [1.82, 2.24) is 5.32 Å². The lowest BCUT2D eigenvalue weighted by Crippen LogP contribution is -2.29. The van der Waals surface area contributed by atoms with E-state index < -0.39 is 0 Å². The third-order valence-corrected chi connectivity index (χ3v) is 1.27. The monoisotopic (exact) mass is 157 g/mol. The van der Waals surface area contributed by atoms with Gasteiger partial charge in [-0.15, -0.1) is 0 Å². The van der Waals surface area contributed by atoms with Crippen LogP contribution in [0.25, 0.3) is 0 Å². The second-order valence-corrected chi connectivity index (χ2v) is 2.62. The molecule has 0 saturated carbocycles. The minimum Gasteiger partial charge on any atom is -0.500 e. The van der Waals surface area contributed by atoms with Crippen LogP contribution in [-0.4, -0.2) is 19.6 Å². The molecule has 0 aliphatic heterocycles. The third kappa shape index (κ3) is 4.42. The van der Waals surface area contributed by atoms with Crippen LogP contribution in [0.1, 0.15) is 13.8 Å². The average molecular weight is 157 g/mol. The molecule has 0 radical (unpaired) electrons. The maximum Gasteiger partial charge on any atom is 0.222 e. The predicted molar refractivity (Wildman–Crippen MR) is 44.0 cm³/mol. The molecule has 0 saturated heterocycles. The van der Waals surface area contributed by atoms with Crippen LogP contribution >= 0.6 is 0 Å². The summed E-state index contributed by atoms with van der Waals surface area (Å²) in [5.41, 5.74) is 0. The van der Waals surface area contributed by atoms with Crippen LogP contribution < -0.4 is 5.32 Å². The van der Waals surface area contributed by atoms with Gasteiger partial charge in [-0.1, -0.05) is 20.4 Å². The standard InChI is InChI=1S/C8H15NO2/c1-6(2)8(10)9-5-7(3)11-4/h6H,3,5H2,1-2,4H3,(H,9,10). The summed E-state index contributed by atoms with van der Waals surface area (Å²) < 4.78 is 4.77. The normalized spacial score (nSPS) is 9.45. The zero-order chi connectivity index (χ0) is 8.85. The molecule has 0 aromatic carbocycles. The zero-order valence-electron chi connectivity index (χ0n) is 7.31. The van der Waals surface area contributed by atoms with Crippen molar-refractivity contribution < 1.29 is 9.53 Å². The van der Waals surface area contributed by atoms with Crippen molar-refractivity contribution in [2.45, 2.75) is 13.8 Å². The van der Waals surface area contributed by atoms with Gasteiger partial charge in [0.15, 0.2) is 0 Å². The second kappa shape index (κ2) is 4.77. The van der Waals surface area contributed by atoms with Crippen molar-refractivity contribution in [2.24, 2.45) is 5.92 Å². The van der Waals surface area contributed by atoms with E-state index in [1.54, 1.807) is 0 Å². The van der Waals surface area contributed by atoms with Crippen LogP contribution in [0.5, 0.6) is 0 Å². The molecular weight excluding hydrogens is 142 g/mol. The molecule has 64 valence electrons. The van der Waals surface area contributed by atoms with Gasteiger partial charge in [-0.3, -0.25) is 4.79 Å². The van der Waals surface area contributed by atoms with E-state index in [9.17, 15) is 4.79 Å². The maximum atomic E-state index is 11.0. The maximum absolute atomic E-state index is 11.0. The van der Waals surface area contributed by atoms with E-state index in [1.165, 1.54) is 7.11 Å². The summed E-state index contributed by atoms with van der Waals surface area (Å²) in [7, 11) is 1.53. The first-order chi connectivity index (χ1) is 5.07. The lowest BCUT2D eigenvalue weighted by molar-refractivity contribution is -0.123. The second-order valence-electron chi connectivity index (χ2n) is 2.62. The topological polar surface area (TPSA) is 38.3 Å². The molecule has 0 atom stereocenters. The summed E-state index contributed by atoms with van der Waals surface area (Å²) >= 11 is 0. The first-order valence-electron chi connectivity index (χ1n) is 3.57. The summed E-state index contributed by atoms with van der Waals surface area (Å²) in [4.78, 5) is 11.0. The number of rotatable bonds is 4. The fraction of sp³-hybridized carbons (Fsp3) is 0.625. The Morgan fingerprint density at radius 1 is 1.64 bits per heavy atom. The van der Waals surface area contributed by atoms with E-state index in [2.05, 4.69) is 11.9 Å². The molecule has 0 aromatic rings. The highest BCUT2D eigenvalue weighted by Crippen LogP contribution is 1.92. The molecular formula is C8H15NO2. The Bertz CT molecular complexity index is 152. The van der Waals surface area contributed by atoms with Crippen LogP contribution in [0.4, 0.5) is 0 Å². The van der Waals surface area contributed by atoms with Gasteiger partial charge in [-0.2, -0.15) is 0 Å². The Morgan fingerprint density at radius 3 is 2.55 bits per heavy atom. The molecule has 0 rings (SSSR count). The van der Waals surface area contributed by atoms with Crippen molar-refractivity contribution in [3.63, 3.8) is 0 Å². The molecule has 1 N–H and O–H groups in total. The number of amides is 1. The van der Waals surface area contributed by atoms with Gasteiger partial charge in [0.05, 0.1) is 13.7 Å². The molecule has 0 spiro atoms. The molecule has 0 heterocycles. The molecule has 0 unspecified atom stereocenters. The smallest absolute Gasteiger partial charge is 0.222 e. The first-order valence-corrected chi connectivity index (χ1v) is 3.57. The number of carbonyl (C=O) groups excluding carboxylic acids is 1. The van der Waals surface area contributed by atoms with Gasteiger partial charge in [-0.05, 0) is 0 Å². The van der Waals surface area contributed by atoms with E-state index in [-0.39, 0.29) is 11.8 Å². The van der Waals surface area contributed by atoms with Crippen molar-refractivity contribution in [2.75, 3.05) is 13.7 Å². The SMILES string of the molecule is C=C(CNC(=O)C(C)C)OC. The highest BCUT2D eigenvalue weighted by Gasteiger charge is 2.05. The minimum absolute atomic E-state index is 0.0136. The Morgan fingerprint density at radius 2 is 2.18 bits per heavy atom. The van der Waals surface area contributed by atoms with E-state index in [0.29, 0.717) is 12.3 Å². The van der Waals surface area contributed by atoms with Crippen molar-refractivity contribution in [3.05, 3.63) is 12.3 Å². The first kappa shape index (κ1) is 10.0. The highest BCUT2D eigenvalue weighted by molar-refractivity contribution is 5.77. The highest BCUT2D eigenvalue weighted by atomic mass is 16.5. The van der Waals surface area contributed by atoms with E-state index in [1.807, 2.05) is 13.8 Å². The van der Waals surface area contributed by atoms with Crippen molar-refractivity contribution >= 4 is 5.91 Å². The Labute approximate surface area is 67.4 Å². The number of nitrogens with one attached hydrogen (secondary N) is 1. The van der Waals surface area contributed by atoms with Crippen LogP contribution in [0.15, 0.2) is 12.3 Å². The molecule has 0 aliphatic rings. The minimum atomic E-state index is 0.0136. The van der Waals surface area contributed by atoms with Gasteiger partial charge in [0.25, 0.3) is 0 Å². The Hall–Kier alpha value is -0.990. The quantitative estimate of drug-likeness (QED) is 0.616. The van der Waals surface area contributed by atoms with E-state index >= 15 is 0 Å². The average Bonchev–Trinajstić information content (AvgIpc) is 1.99. The molecule has 0 bridgehead atoms. The van der Waals surface area contributed by atoms with Crippen LogP contribution in [-0.2, 0) is 9.53 Å². The van der Waals surface area contributed by atoms with E-state index in [0.717, 1.165) is 0 Å². The number of hydrogen-bond acceptors (Lipinski definition) is 2. The van der Waals surface area contributed by atoms with Gasteiger partial charge < -0.3 is 10.1 Å². The zero-order valence-corrected chi connectivity index (χ0v) is 7.31. The molecule has 3 heteroatoms. The largest absolute Gasteiger partial charge is 0.500 e. The van der Waals surface area contributed by atoms with Crippen molar-refractivity contribution in [3.8, 4) is 0 Å². The molecule has 0 aromatic heterocycles. The van der Waals surface area contributed by atoms with Crippen LogP contribution in [0, 0.1) is 5.92 Å². The molecule has 0 aliphatic carbocycles. The van der Waals surface area contributed by atoms with Crippen molar-refractivity contribution in [1.29, 1.82) is 0 Å². The fourth-order valence-corrected chi connectivity index (χ4v) is 0.462.